The van der Waals surface area contributed by atoms with Crippen LogP contribution in [0.5, 0.6) is 5.75 Å². The van der Waals surface area contributed by atoms with Crippen LogP contribution in [0, 0.1) is 19.7 Å². The summed E-state index contributed by atoms with van der Waals surface area (Å²) >= 11 is 0. The van der Waals surface area contributed by atoms with E-state index in [4.69, 9.17) is 4.74 Å². The number of hydrogen-bond acceptors (Lipinski definition) is 3. The molecule has 0 radical (unpaired) electrons. The van der Waals surface area contributed by atoms with E-state index >= 15 is 0 Å². The summed E-state index contributed by atoms with van der Waals surface area (Å²) in [6, 6.07) is 20.7. The van der Waals surface area contributed by atoms with Crippen LogP contribution >= 0.6 is 0 Å². The minimum atomic E-state index is -0.470. The topological polar surface area (TPSA) is 53.2 Å². The van der Waals surface area contributed by atoms with Crippen molar-refractivity contribution in [2.45, 2.75) is 20.8 Å². The highest BCUT2D eigenvalue weighted by Gasteiger charge is 2.06. The van der Waals surface area contributed by atoms with E-state index in [-0.39, 0.29) is 16.9 Å². The van der Waals surface area contributed by atoms with Gasteiger partial charge in [-0.2, -0.15) is 0 Å². The van der Waals surface area contributed by atoms with Crippen molar-refractivity contribution in [2.24, 2.45) is 0 Å². The van der Waals surface area contributed by atoms with Gasteiger partial charge in [0.2, 0.25) is 0 Å². The number of pyridine rings is 2. The average molecular weight is 432 g/mol. The molecule has 0 N–H and O–H groups in total. The highest BCUT2D eigenvalue weighted by atomic mass is 19.1. The van der Waals surface area contributed by atoms with Crippen molar-refractivity contribution in [2.75, 3.05) is 6.61 Å². The number of ether oxygens (including phenoxy) is 1. The third-order valence-electron chi connectivity index (χ3n) is 4.65. The normalized spacial score (nSPS) is 10.2. The smallest absolute Gasteiger partial charge is 0.255 e. The molecule has 0 aliphatic heterocycles. The Morgan fingerprint density at radius 3 is 1.84 bits per heavy atom. The second-order valence-corrected chi connectivity index (χ2v) is 7.21. The van der Waals surface area contributed by atoms with E-state index in [0.717, 1.165) is 16.8 Å². The molecule has 5 nitrogen and oxygen atoms in total. The molecule has 0 aliphatic carbocycles. The summed E-state index contributed by atoms with van der Waals surface area (Å²) in [5.41, 5.74) is 3.22. The van der Waals surface area contributed by atoms with Gasteiger partial charge in [-0.1, -0.05) is 30.3 Å². The molecule has 0 saturated carbocycles. The predicted molar refractivity (Wildman–Crippen MR) is 125 cm³/mol. The van der Waals surface area contributed by atoms with Gasteiger partial charge < -0.3 is 4.74 Å². The Morgan fingerprint density at radius 1 is 0.750 bits per heavy atom. The van der Waals surface area contributed by atoms with Gasteiger partial charge in [-0.05, 0) is 56.2 Å². The fraction of sp³-hybridized carbons (Fsp3) is 0.154. The maximum Gasteiger partial charge on any atom is 0.255 e. The van der Waals surface area contributed by atoms with E-state index in [2.05, 4.69) is 0 Å². The molecule has 0 atom stereocenters. The molecular formula is C26H25FN2O3. The van der Waals surface area contributed by atoms with Crippen LogP contribution in [0.3, 0.4) is 0 Å². The zero-order valence-electron chi connectivity index (χ0n) is 18.3. The number of hydrogen-bond donors (Lipinski definition) is 0. The van der Waals surface area contributed by atoms with Crippen LogP contribution in [-0.4, -0.2) is 15.7 Å². The molecule has 2 aromatic carbocycles. The summed E-state index contributed by atoms with van der Waals surface area (Å²) in [5.74, 6) is -0.273. The number of nitrogens with zero attached hydrogens (tertiary/aromatic N) is 2. The van der Waals surface area contributed by atoms with Crippen molar-refractivity contribution in [3.63, 3.8) is 0 Å². The Kier molecular flexibility index (Phi) is 7.39. The van der Waals surface area contributed by atoms with Crippen LogP contribution in [0.15, 0.2) is 94.8 Å². The fourth-order valence-electron chi connectivity index (χ4n) is 3.09. The molecule has 2 aromatic heterocycles. The first-order valence-corrected chi connectivity index (χ1v) is 10.3. The molecule has 0 amide bonds. The van der Waals surface area contributed by atoms with Crippen molar-refractivity contribution in [3.8, 4) is 17.1 Å². The van der Waals surface area contributed by atoms with Gasteiger partial charge >= 0.3 is 0 Å². The second-order valence-electron chi connectivity index (χ2n) is 7.21. The van der Waals surface area contributed by atoms with E-state index in [1.54, 1.807) is 35.9 Å². The molecule has 0 unspecified atom stereocenters. The summed E-state index contributed by atoms with van der Waals surface area (Å²) < 4.78 is 21.9. The minimum Gasteiger partial charge on any atom is -0.491 e. The highest BCUT2D eigenvalue weighted by Crippen LogP contribution is 2.20. The molecule has 4 aromatic rings. The number of aryl methyl sites for hydroxylation is 2. The van der Waals surface area contributed by atoms with E-state index in [9.17, 15) is 14.0 Å². The Hall–Kier alpha value is -3.93. The number of para-hydroxylation sites is 1. The lowest BCUT2D eigenvalue weighted by Crippen LogP contribution is -2.16. The van der Waals surface area contributed by atoms with Gasteiger partial charge in [0.05, 0.1) is 12.3 Å². The minimum absolute atomic E-state index is 0.00167. The first-order valence-electron chi connectivity index (χ1n) is 10.3. The molecule has 0 bridgehead atoms. The summed E-state index contributed by atoms with van der Waals surface area (Å²) in [7, 11) is 0. The largest absolute Gasteiger partial charge is 0.491 e. The molecule has 6 heteroatoms. The van der Waals surface area contributed by atoms with Crippen molar-refractivity contribution >= 4 is 0 Å². The first kappa shape index (κ1) is 22.7. The van der Waals surface area contributed by atoms with Gasteiger partial charge in [-0.15, -0.1) is 0 Å². The number of aromatic nitrogens is 2. The van der Waals surface area contributed by atoms with Crippen molar-refractivity contribution in [1.29, 1.82) is 0 Å². The maximum absolute atomic E-state index is 13.7. The van der Waals surface area contributed by atoms with E-state index < -0.39 is 5.82 Å². The zero-order valence-corrected chi connectivity index (χ0v) is 18.3. The van der Waals surface area contributed by atoms with Crippen LogP contribution in [0.1, 0.15) is 18.1 Å². The summed E-state index contributed by atoms with van der Waals surface area (Å²) in [5, 5.41) is 0. The van der Waals surface area contributed by atoms with Crippen LogP contribution in [-0.2, 0) is 0 Å². The van der Waals surface area contributed by atoms with Crippen molar-refractivity contribution < 1.29 is 9.13 Å². The SMILES string of the molecule is CCOc1ccc(-n2cc(C)ccc2=O)cc1F.Cc1ccc(=O)n(-c2ccccc2)c1. The van der Waals surface area contributed by atoms with Gasteiger partial charge in [0.25, 0.3) is 11.1 Å². The zero-order chi connectivity index (χ0) is 23.1. The van der Waals surface area contributed by atoms with E-state index in [1.165, 1.54) is 22.8 Å². The molecule has 0 saturated heterocycles. The number of rotatable bonds is 4. The van der Waals surface area contributed by atoms with Crippen molar-refractivity contribution in [3.05, 3.63) is 123 Å². The Bertz CT molecular complexity index is 1310. The molecule has 164 valence electrons. The summed E-state index contributed by atoms with van der Waals surface area (Å²) in [4.78, 5) is 23.2. The number of benzene rings is 2. The van der Waals surface area contributed by atoms with Crippen LogP contribution < -0.4 is 15.9 Å². The Labute approximate surface area is 186 Å². The molecule has 0 fully saturated rings. The maximum atomic E-state index is 13.7. The van der Waals surface area contributed by atoms with Crippen LogP contribution in [0.25, 0.3) is 11.4 Å². The van der Waals surface area contributed by atoms with Crippen LogP contribution in [0.2, 0.25) is 0 Å². The molecule has 0 aliphatic rings. The monoisotopic (exact) mass is 432 g/mol. The molecule has 4 rings (SSSR count). The molecule has 32 heavy (non-hydrogen) atoms. The van der Waals surface area contributed by atoms with Gasteiger partial charge in [0.15, 0.2) is 11.6 Å². The quantitative estimate of drug-likeness (QED) is 0.464. The fourth-order valence-corrected chi connectivity index (χ4v) is 3.09. The standard InChI is InChI=1S/C14H14FNO2.C12H11NO/c1-3-18-13-6-5-11(8-12(13)15)16-9-10(2)4-7-14(16)17;1-10-7-8-12(14)13(9-10)11-5-3-2-4-6-11/h4-9H,3H2,1-2H3;2-9H,1H3. The van der Waals surface area contributed by atoms with Gasteiger partial charge in [0.1, 0.15) is 0 Å². The van der Waals surface area contributed by atoms with Crippen molar-refractivity contribution in [1.82, 2.24) is 9.13 Å². The lowest BCUT2D eigenvalue weighted by Gasteiger charge is -2.09. The molecule has 2 heterocycles. The summed E-state index contributed by atoms with van der Waals surface area (Å²) in [6.07, 6.45) is 3.52. The average Bonchev–Trinajstić information content (AvgIpc) is 2.79. The Morgan fingerprint density at radius 2 is 1.31 bits per heavy atom. The predicted octanol–water partition coefficient (Wildman–Crippen LogP) is 4.83. The third-order valence-corrected chi connectivity index (χ3v) is 4.65. The van der Waals surface area contributed by atoms with Gasteiger partial charge in [-0.3, -0.25) is 18.7 Å². The lowest BCUT2D eigenvalue weighted by molar-refractivity contribution is 0.321. The summed E-state index contributed by atoms with van der Waals surface area (Å²) in [6.45, 7) is 6.04. The first-order chi connectivity index (χ1) is 15.4. The third kappa shape index (κ3) is 5.60. The van der Waals surface area contributed by atoms with E-state index in [0.29, 0.717) is 12.3 Å². The van der Waals surface area contributed by atoms with Gasteiger partial charge in [0, 0.05) is 36.3 Å². The molecular weight excluding hydrogens is 407 g/mol. The van der Waals surface area contributed by atoms with Crippen LogP contribution in [0.4, 0.5) is 4.39 Å². The van der Waals surface area contributed by atoms with E-state index in [1.807, 2.05) is 56.4 Å². The number of halogens is 1. The highest BCUT2D eigenvalue weighted by molar-refractivity contribution is 5.39. The second kappa shape index (κ2) is 10.4. The molecule has 0 spiro atoms. The lowest BCUT2D eigenvalue weighted by atomic mass is 10.2. The Balaban J connectivity index is 0.000000186. The van der Waals surface area contributed by atoms with Gasteiger partial charge in [-0.25, -0.2) is 4.39 Å².